The third-order valence-corrected chi connectivity index (χ3v) is 8.16. The normalized spacial score (nSPS) is 20.1. The number of hydrogen-bond acceptors (Lipinski definition) is 5. The molecule has 3 unspecified atom stereocenters. The summed E-state index contributed by atoms with van der Waals surface area (Å²) in [6, 6.07) is 16.3. The average molecular weight is 526 g/mol. The molecule has 4 aromatic rings. The van der Waals surface area contributed by atoms with Gasteiger partial charge in [0.2, 0.25) is 0 Å². The highest BCUT2D eigenvalue weighted by Gasteiger charge is 2.46. The molecule has 8 nitrogen and oxygen atoms in total. The van der Waals surface area contributed by atoms with Gasteiger partial charge in [-0.2, -0.15) is 5.10 Å². The molecule has 0 spiro atoms. The van der Waals surface area contributed by atoms with E-state index in [1.165, 1.54) is 38.3 Å². The van der Waals surface area contributed by atoms with Crippen LogP contribution in [0.5, 0.6) is 5.75 Å². The maximum atomic E-state index is 12.1. The molecule has 2 fully saturated rings. The molecular weight excluding hydrogens is 490 g/mol. The Morgan fingerprint density at radius 1 is 1.08 bits per heavy atom. The van der Waals surface area contributed by atoms with Crippen LogP contribution >= 0.6 is 0 Å². The van der Waals surface area contributed by atoms with E-state index in [9.17, 15) is 9.90 Å². The summed E-state index contributed by atoms with van der Waals surface area (Å²) in [6.45, 7) is 2.17. The van der Waals surface area contributed by atoms with E-state index in [2.05, 4.69) is 46.6 Å². The lowest BCUT2D eigenvalue weighted by Gasteiger charge is -2.25. The van der Waals surface area contributed by atoms with E-state index < -0.39 is 5.97 Å². The highest BCUT2D eigenvalue weighted by Crippen LogP contribution is 2.55. The summed E-state index contributed by atoms with van der Waals surface area (Å²) in [5, 5.41) is 22.7. The molecule has 0 aliphatic heterocycles. The van der Waals surface area contributed by atoms with Crippen LogP contribution in [0.1, 0.15) is 85.5 Å². The standard InChI is InChI=1S/C31H35N5O3/c1-20(14-21-8-4-3-5-9-21)39-25-13-7-11-23(16-25)22-10-6-12-24(15-22)36-30(28(18-32-36)31(37)38)27-17-26(27)29-19-35(2)34-33-29/h6-7,10-13,15-16,18-21,26-27H,3-5,8-9,14,17H2,1-2H3,(H,37,38). The minimum Gasteiger partial charge on any atom is -0.491 e. The fourth-order valence-electron chi connectivity index (χ4n) is 6.18. The monoisotopic (exact) mass is 525 g/mol. The largest absolute Gasteiger partial charge is 0.491 e. The fraction of sp³-hybridized carbons (Fsp3) is 0.419. The van der Waals surface area contributed by atoms with E-state index in [1.54, 1.807) is 9.36 Å². The van der Waals surface area contributed by atoms with Crippen molar-refractivity contribution in [2.24, 2.45) is 13.0 Å². The van der Waals surface area contributed by atoms with Crippen LogP contribution in [0.15, 0.2) is 60.9 Å². The van der Waals surface area contributed by atoms with E-state index in [4.69, 9.17) is 4.74 Å². The van der Waals surface area contributed by atoms with Gasteiger partial charge in [0, 0.05) is 25.1 Å². The topological polar surface area (TPSA) is 95.1 Å². The molecule has 0 radical (unpaired) electrons. The van der Waals surface area contributed by atoms with Crippen LogP contribution in [-0.4, -0.2) is 42.0 Å². The number of carbonyl (C=O) groups is 1. The van der Waals surface area contributed by atoms with E-state index >= 15 is 0 Å². The minimum atomic E-state index is -0.968. The van der Waals surface area contributed by atoms with Crippen molar-refractivity contribution in [3.8, 4) is 22.6 Å². The van der Waals surface area contributed by atoms with E-state index in [0.29, 0.717) is 5.69 Å². The van der Waals surface area contributed by atoms with Gasteiger partial charge in [-0.15, -0.1) is 5.10 Å². The zero-order valence-electron chi connectivity index (χ0n) is 22.5. The van der Waals surface area contributed by atoms with Crippen LogP contribution in [0.4, 0.5) is 0 Å². The van der Waals surface area contributed by atoms with E-state index in [0.717, 1.165) is 47.0 Å². The summed E-state index contributed by atoms with van der Waals surface area (Å²) in [7, 11) is 1.84. The van der Waals surface area contributed by atoms with Crippen LogP contribution in [0.25, 0.3) is 16.8 Å². The second-order valence-corrected chi connectivity index (χ2v) is 11.2. The van der Waals surface area contributed by atoms with Crippen molar-refractivity contribution in [3.63, 3.8) is 0 Å². The van der Waals surface area contributed by atoms with E-state index in [-0.39, 0.29) is 23.5 Å². The maximum Gasteiger partial charge on any atom is 0.339 e. The molecule has 2 aromatic carbocycles. The SMILES string of the molecule is CC(CC1CCCCC1)Oc1cccc(-c2cccc(-n3ncc(C(=O)O)c3C3CC3c3cn(C)nn3)c2)c1. The highest BCUT2D eigenvalue weighted by atomic mass is 16.5. The Bertz CT molecular complexity index is 1470. The maximum absolute atomic E-state index is 12.1. The molecular formula is C31H35N5O3. The molecule has 0 saturated heterocycles. The smallest absolute Gasteiger partial charge is 0.339 e. The van der Waals surface area contributed by atoms with Crippen molar-refractivity contribution < 1.29 is 14.6 Å². The lowest BCUT2D eigenvalue weighted by atomic mass is 9.85. The first-order chi connectivity index (χ1) is 19.0. The second-order valence-electron chi connectivity index (χ2n) is 11.2. The molecule has 2 aliphatic rings. The summed E-state index contributed by atoms with van der Waals surface area (Å²) < 4.78 is 9.80. The lowest BCUT2D eigenvalue weighted by Crippen LogP contribution is -2.18. The first-order valence-electron chi connectivity index (χ1n) is 14.0. The fourth-order valence-corrected chi connectivity index (χ4v) is 6.18. The zero-order chi connectivity index (χ0) is 26.9. The summed E-state index contributed by atoms with van der Waals surface area (Å²) in [4.78, 5) is 12.1. The second kappa shape index (κ2) is 10.7. The van der Waals surface area contributed by atoms with Crippen molar-refractivity contribution in [1.29, 1.82) is 0 Å². The summed E-state index contributed by atoms with van der Waals surface area (Å²) >= 11 is 0. The first kappa shape index (κ1) is 25.3. The van der Waals surface area contributed by atoms with Gasteiger partial charge in [-0.25, -0.2) is 9.48 Å². The van der Waals surface area contributed by atoms with Gasteiger partial charge in [-0.3, -0.25) is 4.68 Å². The predicted octanol–water partition coefficient (Wildman–Crippen LogP) is 6.37. The van der Waals surface area contributed by atoms with Gasteiger partial charge in [-0.1, -0.05) is 61.6 Å². The quantitative estimate of drug-likeness (QED) is 0.273. The Morgan fingerprint density at radius 2 is 1.85 bits per heavy atom. The number of aromatic nitrogens is 5. The van der Waals surface area contributed by atoms with Gasteiger partial charge in [0.05, 0.1) is 29.4 Å². The number of carboxylic acids is 1. The number of aryl methyl sites for hydroxylation is 1. The lowest BCUT2D eigenvalue weighted by molar-refractivity contribution is 0.0695. The number of rotatable bonds is 9. The Morgan fingerprint density at radius 3 is 2.59 bits per heavy atom. The highest BCUT2D eigenvalue weighted by molar-refractivity contribution is 5.89. The van der Waals surface area contributed by atoms with Crippen LogP contribution in [0.3, 0.4) is 0 Å². The van der Waals surface area contributed by atoms with Crippen molar-refractivity contribution in [3.05, 3.63) is 77.9 Å². The molecule has 2 aliphatic carbocycles. The number of benzene rings is 2. The first-order valence-corrected chi connectivity index (χ1v) is 14.0. The number of ether oxygens (including phenoxy) is 1. The molecule has 8 heteroatoms. The number of carboxylic acid groups (broad SMARTS) is 1. The summed E-state index contributed by atoms with van der Waals surface area (Å²) in [5.74, 6) is 0.845. The van der Waals surface area contributed by atoms with Gasteiger partial charge in [0.25, 0.3) is 0 Å². The summed E-state index contributed by atoms with van der Waals surface area (Å²) in [6.07, 6.45) is 12.2. The number of aromatic carboxylic acids is 1. The molecule has 6 rings (SSSR count). The van der Waals surface area contributed by atoms with Crippen molar-refractivity contribution in [2.45, 2.75) is 69.8 Å². The summed E-state index contributed by atoms with van der Waals surface area (Å²) in [5.41, 5.74) is 4.74. The van der Waals surface area contributed by atoms with Crippen LogP contribution < -0.4 is 4.74 Å². The van der Waals surface area contributed by atoms with Crippen molar-refractivity contribution >= 4 is 5.97 Å². The van der Waals surface area contributed by atoms with Crippen LogP contribution in [0, 0.1) is 5.92 Å². The molecule has 2 saturated carbocycles. The zero-order valence-corrected chi connectivity index (χ0v) is 22.5. The third-order valence-electron chi connectivity index (χ3n) is 8.16. The molecule has 2 heterocycles. The van der Waals surface area contributed by atoms with Crippen molar-refractivity contribution in [1.82, 2.24) is 24.8 Å². The van der Waals surface area contributed by atoms with Gasteiger partial charge in [-0.05, 0) is 61.1 Å². The molecule has 0 bridgehead atoms. The minimum absolute atomic E-state index is 0.0290. The number of nitrogens with zero attached hydrogens (tertiary/aromatic N) is 5. The van der Waals surface area contributed by atoms with Crippen LogP contribution in [0.2, 0.25) is 0 Å². The molecule has 39 heavy (non-hydrogen) atoms. The van der Waals surface area contributed by atoms with Gasteiger partial charge >= 0.3 is 5.97 Å². The van der Waals surface area contributed by atoms with Gasteiger partial charge in [0.15, 0.2) is 0 Å². The Hall–Kier alpha value is -3.94. The van der Waals surface area contributed by atoms with Gasteiger partial charge < -0.3 is 9.84 Å². The Kier molecular flexibility index (Phi) is 6.94. The third kappa shape index (κ3) is 5.46. The Labute approximate surface area is 228 Å². The molecule has 0 amide bonds. The predicted molar refractivity (Wildman–Crippen MR) is 148 cm³/mol. The van der Waals surface area contributed by atoms with Gasteiger partial charge in [0.1, 0.15) is 11.3 Å². The average Bonchev–Trinajstić information content (AvgIpc) is 3.38. The molecule has 1 N–H and O–H groups in total. The van der Waals surface area contributed by atoms with Crippen LogP contribution in [-0.2, 0) is 7.05 Å². The molecule has 2 aromatic heterocycles. The number of hydrogen-bond donors (Lipinski definition) is 1. The van der Waals surface area contributed by atoms with Crippen molar-refractivity contribution in [2.75, 3.05) is 0 Å². The molecule has 202 valence electrons. The Balaban J connectivity index is 1.24. The molecule has 3 atom stereocenters. The van der Waals surface area contributed by atoms with E-state index in [1.807, 2.05) is 37.5 Å².